The maximum Gasteiger partial charge on any atom is 0.255 e. The highest BCUT2D eigenvalue weighted by Gasteiger charge is 2.44. The molecule has 2 saturated heterocycles. The van der Waals surface area contributed by atoms with Gasteiger partial charge in [0.25, 0.3) is 5.91 Å². The molecule has 2 fully saturated rings. The molecule has 0 N–H and O–H groups in total. The molecule has 30 heavy (non-hydrogen) atoms. The Morgan fingerprint density at radius 2 is 1.87 bits per heavy atom. The molecule has 158 valence electrons. The van der Waals surface area contributed by atoms with E-state index in [9.17, 15) is 4.79 Å². The van der Waals surface area contributed by atoms with Crippen LogP contribution in [0.5, 0.6) is 0 Å². The predicted molar refractivity (Wildman–Crippen MR) is 117 cm³/mol. The summed E-state index contributed by atoms with van der Waals surface area (Å²) in [7, 11) is 3.98. The SMILES string of the molecule is CN(C)c1ncc2c(n1)C1(CCCN(c3ccc(C(=O)N4CCCC4)cn3)C1)CC2. The van der Waals surface area contributed by atoms with Gasteiger partial charge in [0.15, 0.2) is 0 Å². The Morgan fingerprint density at radius 3 is 2.60 bits per heavy atom. The first-order valence-electron chi connectivity index (χ1n) is 11.1. The Hall–Kier alpha value is -2.70. The number of carbonyl (C=O) groups is 1. The Balaban J connectivity index is 1.37. The number of pyridine rings is 1. The van der Waals surface area contributed by atoms with Crippen LogP contribution in [0.2, 0.25) is 0 Å². The van der Waals surface area contributed by atoms with Crippen LogP contribution in [0.3, 0.4) is 0 Å². The van der Waals surface area contributed by atoms with Crippen molar-refractivity contribution in [2.75, 3.05) is 50.1 Å². The van der Waals surface area contributed by atoms with Crippen LogP contribution in [-0.2, 0) is 11.8 Å². The molecular weight excluding hydrogens is 376 g/mol. The lowest BCUT2D eigenvalue weighted by Crippen LogP contribution is -2.46. The number of carbonyl (C=O) groups excluding carboxylic acids is 1. The van der Waals surface area contributed by atoms with Crippen LogP contribution in [0.25, 0.3) is 0 Å². The van der Waals surface area contributed by atoms with Crippen LogP contribution in [-0.4, -0.2) is 66.0 Å². The summed E-state index contributed by atoms with van der Waals surface area (Å²) in [4.78, 5) is 33.1. The highest BCUT2D eigenvalue weighted by atomic mass is 16.2. The number of aromatic nitrogens is 3. The van der Waals surface area contributed by atoms with E-state index < -0.39 is 0 Å². The third-order valence-electron chi connectivity index (χ3n) is 6.92. The van der Waals surface area contributed by atoms with E-state index in [0.29, 0.717) is 5.56 Å². The molecule has 0 radical (unpaired) electrons. The van der Waals surface area contributed by atoms with Gasteiger partial charge in [-0.3, -0.25) is 4.79 Å². The summed E-state index contributed by atoms with van der Waals surface area (Å²) in [5.41, 5.74) is 3.29. The lowest BCUT2D eigenvalue weighted by atomic mass is 9.77. The summed E-state index contributed by atoms with van der Waals surface area (Å²) in [6, 6.07) is 3.96. The van der Waals surface area contributed by atoms with E-state index in [1.807, 2.05) is 42.2 Å². The van der Waals surface area contributed by atoms with Gasteiger partial charge in [-0.2, -0.15) is 0 Å². The summed E-state index contributed by atoms with van der Waals surface area (Å²) >= 11 is 0. The van der Waals surface area contributed by atoms with Crippen molar-refractivity contribution in [3.63, 3.8) is 0 Å². The van der Waals surface area contributed by atoms with Crippen LogP contribution in [0.4, 0.5) is 11.8 Å². The van der Waals surface area contributed by atoms with Gasteiger partial charge in [0, 0.05) is 58.1 Å². The summed E-state index contributed by atoms with van der Waals surface area (Å²) in [5.74, 6) is 1.86. The lowest BCUT2D eigenvalue weighted by molar-refractivity contribution is 0.0792. The molecule has 0 aromatic carbocycles. The second-order valence-corrected chi connectivity index (χ2v) is 9.15. The van der Waals surface area contributed by atoms with Gasteiger partial charge in [0.1, 0.15) is 5.82 Å². The quantitative estimate of drug-likeness (QED) is 0.781. The number of amides is 1. The Labute approximate surface area is 178 Å². The van der Waals surface area contributed by atoms with Crippen molar-refractivity contribution in [2.24, 2.45) is 0 Å². The highest BCUT2D eigenvalue weighted by molar-refractivity contribution is 5.94. The fourth-order valence-electron chi connectivity index (χ4n) is 5.27. The number of aryl methyl sites for hydroxylation is 1. The average Bonchev–Trinajstić information content (AvgIpc) is 3.43. The molecule has 0 bridgehead atoms. The van der Waals surface area contributed by atoms with Gasteiger partial charge in [-0.25, -0.2) is 15.0 Å². The number of nitrogens with zero attached hydrogens (tertiary/aromatic N) is 6. The topological polar surface area (TPSA) is 65.5 Å². The maximum absolute atomic E-state index is 12.6. The van der Waals surface area contributed by atoms with Gasteiger partial charge in [0.05, 0.1) is 11.3 Å². The second kappa shape index (κ2) is 7.52. The summed E-state index contributed by atoms with van der Waals surface area (Å²) in [6.07, 6.45) is 10.4. The molecule has 1 spiro atoms. The van der Waals surface area contributed by atoms with E-state index in [4.69, 9.17) is 4.98 Å². The number of fused-ring (bicyclic) bond motifs is 2. The van der Waals surface area contributed by atoms with Gasteiger partial charge in [-0.15, -0.1) is 0 Å². The molecule has 7 heteroatoms. The average molecular weight is 407 g/mol. The van der Waals surface area contributed by atoms with Crippen LogP contribution in [0.1, 0.15) is 53.7 Å². The Kier molecular flexibility index (Phi) is 4.83. The number of rotatable bonds is 3. The van der Waals surface area contributed by atoms with Crippen molar-refractivity contribution >= 4 is 17.7 Å². The molecule has 1 atom stereocenters. The Morgan fingerprint density at radius 1 is 1.03 bits per heavy atom. The zero-order valence-corrected chi connectivity index (χ0v) is 18.0. The van der Waals surface area contributed by atoms with E-state index >= 15 is 0 Å². The van der Waals surface area contributed by atoms with E-state index in [0.717, 1.165) is 76.5 Å². The molecule has 7 nitrogen and oxygen atoms in total. The third-order valence-corrected chi connectivity index (χ3v) is 6.92. The molecule has 4 heterocycles. The number of likely N-dealkylation sites (tertiary alicyclic amines) is 1. The van der Waals surface area contributed by atoms with Crippen LogP contribution in [0.15, 0.2) is 24.5 Å². The minimum atomic E-state index is 0.0764. The highest BCUT2D eigenvalue weighted by Crippen LogP contribution is 2.44. The molecule has 2 aliphatic heterocycles. The number of hydrogen-bond acceptors (Lipinski definition) is 6. The number of hydrogen-bond donors (Lipinski definition) is 0. The van der Waals surface area contributed by atoms with Gasteiger partial charge in [-0.05, 0) is 56.2 Å². The van der Waals surface area contributed by atoms with E-state index in [1.165, 1.54) is 11.3 Å². The molecular formula is C23H30N6O. The molecule has 1 unspecified atom stereocenters. The van der Waals surface area contributed by atoms with Gasteiger partial charge < -0.3 is 14.7 Å². The van der Waals surface area contributed by atoms with Gasteiger partial charge in [-0.1, -0.05) is 0 Å². The number of anilines is 2. The fraction of sp³-hybridized carbons (Fsp3) is 0.565. The van der Waals surface area contributed by atoms with Crippen molar-refractivity contribution in [1.29, 1.82) is 0 Å². The normalized spacial score (nSPS) is 23.1. The third kappa shape index (κ3) is 3.30. The van der Waals surface area contributed by atoms with Crippen molar-refractivity contribution in [1.82, 2.24) is 19.9 Å². The fourth-order valence-corrected chi connectivity index (χ4v) is 5.27. The summed E-state index contributed by atoms with van der Waals surface area (Å²) in [5, 5.41) is 0. The van der Waals surface area contributed by atoms with Crippen molar-refractivity contribution in [3.05, 3.63) is 41.3 Å². The molecule has 1 aliphatic carbocycles. The zero-order valence-electron chi connectivity index (χ0n) is 18.0. The molecule has 1 amide bonds. The molecule has 2 aromatic rings. The van der Waals surface area contributed by atoms with Crippen molar-refractivity contribution in [3.8, 4) is 0 Å². The van der Waals surface area contributed by atoms with Crippen molar-refractivity contribution < 1.29 is 4.79 Å². The van der Waals surface area contributed by atoms with Gasteiger partial charge >= 0.3 is 0 Å². The molecule has 5 rings (SSSR count). The summed E-state index contributed by atoms with van der Waals surface area (Å²) in [6.45, 7) is 3.66. The van der Waals surface area contributed by atoms with Gasteiger partial charge in [0.2, 0.25) is 5.95 Å². The maximum atomic E-state index is 12.6. The summed E-state index contributed by atoms with van der Waals surface area (Å²) < 4.78 is 0. The monoisotopic (exact) mass is 406 g/mol. The smallest absolute Gasteiger partial charge is 0.255 e. The Bertz CT molecular complexity index is 933. The minimum Gasteiger partial charge on any atom is -0.356 e. The molecule has 0 saturated carbocycles. The van der Waals surface area contributed by atoms with E-state index in [-0.39, 0.29) is 11.3 Å². The van der Waals surface area contributed by atoms with E-state index in [2.05, 4.69) is 14.9 Å². The minimum absolute atomic E-state index is 0.0764. The molecule has 3 aliphatic rings. The van der Waals surface area contributed by atoms with E-state index in [1.54, 1.807) is 6.20 Å². The van der Waals surface area contributed by atoms with Crippen LogP contribution < -0.4 is 9.80 Å². The zero-order chi connectivity index (χ0) is 20.7. The number of piperidine rings is 1. The largest absolute Gasteiger partial charge is 0.356 e. The van der Waals surface area contributed by atoms with Crippen LogP contribution >= 0.6 is 0 Å². The lowest BCUT2D eigenvalue weighted by Gasteiger charge is -2.41. The molecule has 2 aromatic heterocycles. The first-order chi connectivity index (χ1) is 14.6. The standard InChI is InChI=1S/C23H30N6O/c1-27(2)22-25-14-17-8-10-23(20(17)26-22)9-5-13-29(16-23)19-7-6-18(15-24-19)21(30)28-11-3-4-12-28/h6-7,14-15H,3-5,8-13,16H2,1-2H3. The van der Waals surface area contributed by atoms with Crippen molar-refractivity contribution in [2.45, 2.75) is 43.9 Å². The first kappa shape index (κ1) is 19.3. The first-order valence-corrected chi connectivity index (χ1v) is 11.1. The second-order valence-electron chi connectivity index (χ2n) is 9.15. The van der Waals surface area contributed by atoms with Crippen LogP contribution in [0, 0.1) is 0 Å². The predicted octanol–water partition coefficient (Wildman–Crippen LogP) is 2.66.